The third-order valence-electron chi connectivity index (χ3n) is 4.45. The van der Waals surface area contributed by atoms with Crippen molar-refractivity contribution < 1.29 is 9.32 Å². The number of benzene rings is 1. The molecule has 134 valence electrons. The van der Waals surface area contributed by atoms with E-state index in [9.17, 15) is 4.79 Å². The van der Waals surface area contributed by atoms with E-state index in [0.717, 1.165) is 30.2 Å². The van der Waals surface area contributed by atoms with E-state index in [-0.39, 0.29) is 5.91 Å². The molecule has 1 N–H and O–H groups in total. The van der Waals surface area contributed by atoms with Crippen LogP contribution in [0.5, 0.6) is 0 Å². The van der Waals surface area contributed by atoms with Crippen LogP contribution in [0.25, 0.3) is 0 Å². The molecule has 0 radical (unpaired) electrons. The van der Waals surface area contributed by atoms with Gasteiger partial charge < -0.3 is 9.84 Å². The zero-order valence-corrected chi connectivity index (χ0v) is 15.4. The molecular formula is C19H20N4O2S. The van der Waals surface area contributed by atoms with Crippen LogP contribution >= 0.6 is 11.3 Å². The molecule has 1 amide bonds. The first-order valence-corrected chi connectivity index (χ1v) is 9.49. The first kappa shape index (κ1) is 16.9. The predicted molar refractivity (Wildman–Crippen MR) is 98.8 cm³/mol. The van der Waals surface area contributed by atoms with E-state index in [4.69, 9.17) is 4.52 Å². The Kier molecular flexibility index (Phi) is 4.81. The molecular weight excluding hydrogens is 348 g/mol. The number of carbonyl (C=O) groups is 1. The zero-order chi connectivity index (χ0) is 17.9. The van der Waals surface area contributed by atoms with Gasteiger partial charge in [-0.15, -0.1) is 11.3 Å². The molecule has 2 aromatic heterocycles. The summed E-state index contributed by atoms with van der Waals surface area (Å²) in [6.07, 6.45) is 1.03. The standard InChI is InChI=1S/C19H20N4O2S/c1-13-12-26-18(21-13)9-20-19(24)17-8-16(25-22-17)11-23-7-6-14-4-2-3-5-15(14)10-23/h2-5,8,12H,6-7,9-11H2,1H3,(H,20,24). The van der Waals surface area contributed by atoms with Crippen molar-refractivity contribution in [1.82, 2.24) is 20.4 Å². The van der Waals surface area contributed by atoms with Crippen LogP contribution < -0.4 is 5.32 Å². The molecule has 0 fully saturated rings. The predicted octanol–water partition coefficient (Wildman–Crippen LogP) is 2.93. The van der Waals surface area contributed by atoms with Gasteiger partial charge in [0.15, 0.2) is 11.5 Å². The highest BCUT2D eigenvalue weighted by atomic mass is 32.1. The molecule has 1 aliphatic rings. The van der Waals surface area contributed by atoms with E-state index in [1.165, 1.54) is 22.5 Å². The molecule has 7 heteroatoms. The van der Waals surface area contributed by atoms with Gasteiger partial charge in [-0.1, -0.05) is 29.4 Å². The number of hydrogen-bond donors (Lipinski definition) is 1. The third-order valence-corrected chi connectivity index (χ3v) is 5.41. The second-order valence-corrected chi connectivity index (χ2v) is 7.42. The van der Waals surface area contributed by atoms with Gasteiger partial charge in [-0.05, 0) is 24.5 Å². The van der Waals surface area contributed by atoms with Gasteiger partial charge in [-0.3, -0.25) is 9.69 Å². The van der Waals surface area contributed by atoms with Crippen molar-refractivity contribution in [2.24, 2.45) is 0 Å². The van der Waals surface area contributed by atoms with Crippen molar-refractivity contribution in [3.8, 4) is 0 Å². The fraction of sp³-hybridized carbons (Fsp3) is 0.316. The van der Waals surface area contributed by atoms with Crippen molar-refractivity contribution in [3.05, 3.63) is 69.0 Å². The van der Waals surface area contributed by atoms with Crippen LogP contribution in [-0.2, 0) is 26.1 Å². The highest BCUT2D eigenvalue weighted by Gasteiger charge is 2.19. The minimum absolute atomic E-state index is 0.239. The minimum Gasteiger partial charge on any atom is -0.359 e. The third kappa shape index (κ3) is 3.84. The van der Waals surface area contributed by atoms with Gasteiger partial charge in [0.25, 0.3) is 5.91 Å². The van der Waals surface area contributed by atoms with Crippen molar-refractivity contribution in [2.45, 2.75) is 33.0 Å². The SMILES string of the molecule is Cc1csc(CNC(=O)c2cc(CN3CCc4ccccc4C3)on2)n1. The van der Waals surface area contributed by atoms with Crippen LogP contribution in [0.1, 0.15) is 38.1 Å². The normalized spacial score (nSPS) is 14.2. The monoisotopic (exact) mass is 368 g/mol. The first-order chi connectivity index (χ1) is 12.7. The van der Waals surface area contributed by atoms with Crippen molar-refractivity contribution in [3.63, 3.8) is 0 Å². The molecule has 0 saturated heterocycles. The van der Waals surface area contributed by atoms with E-state index >= 15 is 0 Å². The molecule has 1 aromatic carbocycles. The van der Waals surface area contributed by atoms with Crippen LogP contribution in [-0.4, -0.2) is 27.5 Å². The number of nitrogens with one attached hydrogen (secondary N) is 1. The van der Waals surface area contributed by atoms with Gasteiger partial charge >= 0.3 is 0 Å². The molecule has 3 heterocycles. The lowest BCUT2D eigenvalue weighted by molar-refractivity contribution is 0.0941. The average molecular weight is 368 g/mol. The summed E-state index contributed by atoms with van der Waals surface area (Å²) in [5.41, 5.74) is 4.05. The summed E-state index contributed by atoms with van der Waals surface area (Å²) in [4.78, 5) is 18.9. The summed E-state index contributed by atoms with van der Waals surface area (Å²) >= 11 is 1.53. The summed E-state index contributed by atoms with van der Waals surface area (Å²) in [5, 5.41) is 9.59. The Morgan fingerprint density at radius 2 is 2.19 bits per heavy atom. The van der Waals surface area contributed by atoms with E-state index in [1.807, 2.05) is 12.3 Å². The Balaban J connectivity index is 1.34. The van der Waals surface area contributed by atoms with Crippen LogP contribution in [0.2, 0.25) is 0 Å². The highest BCUT2D eigenvalue weighted by molar-refractivity contribution is 7.09. The van der Waals surface area contributed by atoms with Gasteiger partial charge in [-0.2, -0.15) is 0 Å². The Labute approximate surface area is 155 Å². The summed E-state index contributed by atoms with van der Waals surface area (Å²) in [5.74, 6) is 0.469. The lowest BCUT2D eigenvalue weighted by Crippen LogP contribution is -2.29. The molecule has 0 saturated carbocycles. The number of thiazole rings is 1. The van der Waals surface area contributed by atoms with Crippen molar-refractivity contribution >= 4 is 17.2 Å². The van der Waals surface area contributed by atoms with E-state index in [2.05, 4.69) is 44.6 Å². The second-order valence-electron chi connectivity index (χ2n) is 6.47. The van der Waals surface area contributed by atoms with Gasteiger partial charge in [0.2, 0.25) is 0 Å². The van der Waals surface area contributed by atoms with Crippen molar-refractivity contribution in [2.75, 3.05) is 6.54 Å². The second kappa shape index (κ2) is 7.39. The maximum absolute atomic E-state index is 12.2. The van der Waals surface area contributed by atoms with Gasteiger partial charge in [0.05, 0.1) is 13.1 Å². The van der Waals surface area contributed by atoms with Gasteiger partial charge in [0, 0.05) is 30.2 Å². The van der Waals surface area contributed by atoms with Crippen LogP contribution in [0.4, 0.5) is 0 Å². The summed E-state index contributed by atoms with van der Waals surface area (Å²) in [6.45, 7) is 4.86. The first-order valence-electron chi connectivity index (χ1n) is 8.61. The molecule has 3 aromatic rings. The molecule has 0 atom stereocenters. The van der Waals surface area contributed by atoms with Crippen molar-refractivity contribution in [1.29, 1.82) is 0 Å². The quantitative estimate of drug-likeness (QED) is 0.750. The fourth-order valence-electron chi connectivity index (χ4n) is 3.13. The largest absolute Gasteiger partial charge is 0.359 e. The Bertz CT molecular complexity index is 918. The Morgan fingerprint density at radius 1 is 1.35 bits per heavy atom. The number of fused-ring (bicyclic) bond motifs is 1. The summed E-state index contributed by atoms with van der Waals surface area (Å²) in [7, 11) is 0. The molecule has 0 aliphatic carbocycles. The Morgan fingerprint density at radius 3 is 3.00 bits per heavy atom. The molecule has 4 rings (SSSR count). The molecule has 0 unspecified atom stereocenters. The van der Waals surface area contributed by atoms with E-state index in [1.54, 1.807) is 6.07 Å². The topological polar surface area (TPSA) is 71.3 Å². The molecule has 1 aliphatic heterocycles. The zero-order valence-electron chi connectivity index (χ0n) is 14.6. The van der Waals surface area contributed by atoms with E-state index in [0.29, 0.717) is 24.5 Å². The molecule has 6 nitrogen and oxygen atoms in total. The van der Waals surface area contributed by atoms with Crippen LogP contribution in [0.3, 0.4) is 0 Å². The number of carbonyl (C=O) groups excluding carboxylic acids is 1. The van der Waals surface area contributed by atoms with Gasteiger partial charge in [0.1, 0.15) is 5.01 Å². The maximum atomic E-state index is 12.2. The number of nitrogens with zero attached hydrogens (tertiary/aromatic N) is 3. The molecule has 0 spiro atoms. The fourth-order valence-corrected chi connectivity index (χ4v) is 3.85. The summed E-state index contributed by atoms with van der Waals surface area (Å²) < 4.78 is 5.37. The van der Waals surface area contributed by atoms with Gasteiger partial charge in [-0.25, -0.2) is 4.98 Å². The summed E-state index contributed by atoms with van der Waals surface area (Å²) in [6, 6.07) is 10.2. The molecule has 26 heavy (non-hydrogen) atoms. The van der Waals surface area contributed by atoms with E-state index < -0.39 is 0 Å². The number of hydrogen-bond acceptors (Lipinski definition) is 6. The number of rotatable bonds is 5. The highest BCUT2D eigenvalue weighted by Crippen LogP contribution is 2.20. The number of aryl methyl sites for hydroxylation is 1. The van der Waals surface area contributed by atoms with Crippen LogP contribution in [0.15, 0.2) is 40.2 Å². The maximum Gasteiger partial charge on any atom is 0.273 e. The number of amides is 1. The minimum atomic E-state index is -0.239. The lowest BCUT2D eigenvalue weighted by Gasteiger charge is -2.27. The Hall–Kier alpha value is -2.51. The smallest absolute Gasteiger partial charge is 0.273 e. The number of aromatic nitrogens is 2. The molecule has 0 bridgehead atoms. The van der Waals surface area contributed by atoms with Crippen LogP contribution in [0, 0.1) is 6.92 Å². The average Bonchev–Trinajstić information content (AvgIpc) is 3.29. The lowest BCUT2D eigenvalue weighted by atomic mass is 10.00.